The lowest BCUT2D eigenvalue weighted by atomic mass is 10.0. The summed E-state index contributed by atoms with van der Waals surface area (Å²) in [6, 6.07) is 18.0. The second-order valence-corrected chi connectivity index (χ2v) is 6.58. The van der Waals surface area contributed by atoms with Gasteiger partial charge in [0, 0.05) is 37.4 Å². The molecule has 132 valence electrons. The fourth-order valence-corrected chi connectivity index (χ4v) is 3.59. The van der Waals surface area contributed by atoms with Gasteiger partial charge in [0.25, 0.3) is 0 Å². The minimum Gasteiger partial charge on any atom is -0.348 e. The van der Waals surface area contributed by atoms with Gasteiger partial charge in [0.1, 0.15) is 0 Å². The highest BCUT2D eigenvalue weighted by atomic mass is 16.2. The van der Waals surface area contributed by atoms with E-state index in [2.05, 4.69) is 39.3 Å². The highest BCUT2D eigenvalue weighted by Gasteiger charge is 2.32. The number of hydrogen-bond acceptors (Lipinski definition) is 2. The Morgan fingerprint density at radius 1 is 1.08 bits per heavy atom. The van der Waals surface area contributed by atoms with E-state index in [1.54, 1.807) is 12.4 Å². The lowest BCUT2D eigenvalue weighted by Gasteiger charge is -2.38. The summed E-state index contributed by atoms with van der Waals surface area (Å²) in [7, 11) is 0. The van der Waals surface area contributed by atoms with E-state index in [0.29, 0.717) is 6.54 Å². The fourth-order valence-electron chi connectivity index (χ4n) is 3.59. The van der Waals surface area contributed by atoms with Crippen LogP contribution in [0.1, 0.15) is 35.8 Å². The monoisotopic (exact) mass is 346 g/mol. The van der Waals surface area contributed by atoms with Crippen LogP contribution in [0.5, 0.6) is 0 Å². The van der Waals surface area contributed by atoms with Gasteiger partial charge >= 0.3 is 6.03 Å². The molecule has 0 saturated heterocycles. The van der Waals surface area contributed by atoms with Crippen LogP contribution in [-0.2, 0) is 6.54 Å². The largest absolute Gasteiger partial charge is 0.348 e. The van der Waals surface area contributed by atoms with Crippen LogP contribution in [0.2, 0.25) is 0 Å². The third-order valence-electron chi connectivity index (χ3n) is 4.96. The maximum atomic E-state index is 13.1. The second-order valence-electron chi connectivity index (χ2n) is 6.58. The molecule has 4 rings (SSSR count). The lowest BCUT2D eigenvalue weighted by Crippen LogP contribution is -2.47. The number of fused-ring (bicyclic) bond motifs is 1. The number of carbonyl (C=O) groups is 1. The van der Waals surface area contributed by atoms with Gasteiger partial charge < -0.3 is 14.8 Å². The number of pyridine rings is 1. The Morgan fingerprint density at radius 2 is 1.85 bits per heavy atom. The van der Waals surface area contributed by atoms with E-state index in [-0.39, 0.29) is 18.1 Å². The molecule has 0 spiro atoms. The van der Waals surface area contributed by atoms with Crippen molar-refractivity contribution in [3.63, 3.8) is 0 Å². The van der Waals surface area contributed by atoms with Crippen molar-refractivity contribution in [3.05, 3.63) is 90.0 Å². The average molecular weight is 346 g/mol. The van der Waals surface area contributed by atoms with Gasteiger partial charge in [0.15, 0.2) is 0 Å². The molecule has 5 heteroatoms. The molecule has 1 aliphatic rings. The van der Waals surface area contributed by atoms with Crippen molar-refractivity contribution >= 4 is 6.03 Å². The van der Waals surface area contributed by atoms with Crippen molar-refractivity contribution in [1.82, 2.24) is 19.8 Å². The highest BCUT2D eigenvalue weighted by Crippen LogP contribution is 2.32. The van der Waals surface area contributed by atoms with Crippen LogP contribution in [0.3, 0.4) is 0 Å². The standard InChI is InChI=1S/C21H22N4O/c1-16(17-9-11-22-12-10-17)23-21(26)25-15-14-24-13-5-8-19(24)20(25)18-6-3-2-4-7-18/h2-13,16,20H,14-15H2,1H3,(H,23,26)/t16-,20-/m1/s1. The average Bonchev–Trinajstić information content (AvgIpc) is 3.17. The van der Waals surface area contributed by atoms with Crippen molar-refractivity contribution in [2.24, 2.45) is 0 Å². The van der Waals surface area contributed by atoms with Crippen LogP contribution >= 0.6 is 0 Å². The number of aromatic nitrogens is 2. The Hall–Kier alpha value is -3.08. The zero-order valence-corrected chi connectivity index (χ0v) is 14.7. The van der Waals surface area contributed by atoms with Crippen LogP contribution in [0.4, 0.5) is 4.79 Å². The summed E-state index contributed by atoms with van der Waals surface area (Å²) in [5.41, 5.74) is 3.32. The molecule has 1 N–H and O–H groups in total. The van der Waals surface area contributed by atoms with Crippen molar-refractivity contribution in [2.75, 3.05) is 6.54 Å². The first-order chi connectivity index (χ1) is 12.7. The molecule has 5 nitrogen and oxygen atoms in total. The lowest BCUT2D eigenvalue weighted by molar-refractivity contribution is 0.166. The smallest absolute Gasteiger partial charge is 0.318 e. The first-order valence-electron chi connectivity index (χ1n) is 8.91. The predicted molar refractivity (Wildman–Crippen MR) is 101 cm³/mol. The minimum absolute atomic E-state index is 0.0457. The van der Waals surface area contributed by atoms with Crippen LogP contribution in [0.25, 0.3) is 0 Å². The number of nitrogens with zero attached hydrogens (tertiary/aromatic N) is 3. The first kappa shape index (κ1) is 16.4. The molecule has 2 amide bonds. The van der Waals surface area contributed by atoms with Crippen LogP contribution in [0.15, 0.2) is 73.2 Å². The van der Waals surface area contributed by atoms with Crippen molar-refractivity contribution in [3.8, 4) is 0 Å². The third-order valence-corrected chi connectivity index (χ3v) is 4.96. The van der Waals surface area contributed by atoms with Gasteiger partial charge in [-0.15, -0.1) is 0 Å². The first-order valence-corrected chi connectivity index (χ1v) is 8.91. The Bertz CT molecular complexity index is 875. The molecule has 0 saturated carbocycles. The van der Waals surface area contributed by atoms with Gasteiger partial charge in [-0.05, 0) is 42.3 Å². The molecule has 1 aromatic carbocycles. The summed E-state index contributed by atoms with van der Waals surface area (Å²) in [5, 5.41) is 3.14. The molecule has 0 aliphatic carbocycles. The molecule has 3 aromatic rings. The summed E-state index contributed by atoms with van der Waals surface area (Å²) in [5.74, 6) is 0. The van der Waals surface area contributed by atoms with Gasteiger partial charge in [-0.1, -0.05) is 30.3 Å². The van der Waals surface area contributed by atoms with E-state index in [0.717, 1.165) is 23.4 Å². The normalized spacial score (nSPS) is 17.4. The molecule has 0 unspecified atom stereocenters. The molecule has 0 fully saturated rings. The third kappa shape index (κ3) is 3.08. The Balaban J connectivity index is 1.61. The molecular formula is C21H22N4O. The van der Waals surface area contributed by atoms with Crippen LogP contribution < -0.4 is 5.32 Å². The number of urea groups is 1. The van der Waals surface area contributed by atoms with Crippen molar-refractivity contribution in [2.45, 2.75) is 25.6 Å². The molecule has 3 heterocycles. The predicted octanol–water partition coefficient (Wildman–Crippen LogP) is 3.76. The van der Waals surface area contributed by atoms with Gasteiger partial charge in [-0.3, -0.25) is 4.98 Å². The maximum Gasteiger partial charge on any atom is 0.318 e. The number of benzene rings is 1. The van der Waals surface area contributed by atoms with E-state index in [1.165, 1.54) is 0 Å². The summed E-state index contributed by atoms with van der Waals surface area (Å²) < 4.78 is 2.23. The van der Waals surface area contributed by atoms with Gasteiger partial charge in [-0.25, -0.2) is 4.79 Å². The van der Waals surface area contributed by atoms with Crippen molar-refractivity contribution < 1.29 is 4.79 Å². The summed E-state index contributed by atoms with van der Waals surface area (Å²) >= 11 is 0. The molecule has 0 radical (unpaired) electrons. The van der Waals surface area contributed by atoms with E-state index in [1.807, 2.05) is 48.2 Å². The molecule has 0 bridgehead atoms. The summed E-state index contributed by atoms with van der Waals surface area (Å²) in [4.78, 5) is 19.1. The topological polar surface area (TPSA) is 50.2 Å². The van der Waals surface area contributed by atoms with E-state index in [4.69, 9.17) is 0 Å². The number of rotatable bonds is 3. The molecule has 1 aliphatic heterocycles. The zero-order chi connectivity index (χ0) is 17.9. The number of amides is 2. The number of hydrogen-bond donors (Lipinski definition) is 1. The summed E-state index contributed by atoms with van der Waals surface area (Å²) in [6.07, 6.45) is 5.58. The number of nitrogens with one attached hydrogen (secondary N) is 1. The Morgan fingerprint density at radius 3 is 2.62 bits per heavy atom. The molecule has 2 aromatic heterocycles. The minimum atomic E-state index is -0.0791. The molecule has 2 atom stereocenters. The van der Waals surface area contributed by atoms with Gasteiger partial charge in [-0.2, -0.15) is 0 Å². The van der Waals surface area contributed by atoms with Crippen LogP contribution in [0, 0.1) is 0 Å². The quantitative estimate of drug-likeness (QED) is 0.785. The molecule has 26 heavy (non-hydrogen) atoms. The summed E-state index contributed by atoms with van der Waals surface area (Å²) in [6.45, 7) is 3.48. The van der Waals surface area contributed by atoms with E-state index in [9.17, 15) is 4.79 Å². The SMILES string of the molecule is C[C@@H](NC(=O)N1CCn2cccc2[C@H]1c1ccccc1)c1ccncc1. The van der Waals surface area contributed by atoms with E-state index < -0.39 is 0 Å². The zero-order valence-electron chi connectivity index (χ0n) is 14.7. The maximum absolute atomic E-state index is 13.1. The second kappa shape index (κ2) is 7.04. The van der Waals surface area contributed by atoms with E-state index >= 15 is 0 Å². The highest BCUT2D eigenvalue weighted by molar-refractivity contribution is 5.76. The Labute approximate surface area is 153 Å². The van der Waals surface area contributed by atoms with Crippen LogP contribution in [-0.4, -0.2) is 27.0 Å². The molecular weight excluding hydrogens is 324 g/mol. The van der Waals surface area contributed by atoms with Gasteiger partial charge in [0.05, 0.1) is 12.1 Å². The van der Waals surface area contributed by atoms with Gasteiger partial charge in [0.2, 0.25) is 0 Å². The van der Waals surface area contributed by atoms with Crippen molar-refractivity contribution in [1.29, 1.82) is 0 Å². The Kier molecular flexibility index (Phi) is 4.44. The fraction of sp³-hybridized carbons (Fsp3) is 0.238. The number of carbonyl (C=O) groups excluding carboxylic acids is 1.